The highest BCUT2D eigenvalue weighted by molar-refractivity contribution is 6.07. The first-order valence-corrected chi connectivity index (χ1v) is 5.18. The zero-order valence-electron chi connectivity index (χ0n) is 7.84. The molecule has 1 unspecified atom stereocenters. The van der Waals surface area contributed by atoms with E-state index >= 15 is 0 Å². The van der Waals surface area contributed by atoms with Crippen LogP contribution in [0.1, 0.15) is 6.42 Å². The number of rotatable bonds is 4. The van der Waals surface area contributed by atoms with Gasteiger partial charge in [0.2, 0.25) is 0 Å². The quantitative estimate of drug-likeness (QED) is 0.688. The van der Waals surface area contributed by atoms with Crippen molar-refractivity contribution in [3.63, 3.8) is 0 Å². The fourth-order valence-corrected chi connectivity index (χ4v) is 2.04. The van der Waals surface area contributed by atoms with Crippen LogP contribution >= 0.6 is 11.9 Å². The molecule has 0 saturated carbocycles. The molecule has 0 aromatic heterocycles. The highest BCUT2D eigenvalue weighted by atomic mass is 35.5. The van der Waals surface area contributed by atoms with Crippen LogP contribution in [0.3, 0.4) is 0 Å². The maximum Gasteiger partial charge on any atom is 0.0896 e. The second-order valence-electron chi connectivity index (χ2n) is 3.64. The molecule has 0 aromatic carbocycles. The third kappa shape index (κ3) is 2.17. The normalized spacial score (nSPS) is 22.6. The van der Waals surface area contributed by atoms with E-state index in [-0.39, 0.29) is 6.10 Å². The maximum absolute atomic E-state index is 5.51. The lowest BCUT2D eigenvalue weighted by Gasteiger charge is -2.19. The molecule has 0 radical (unpaired) electrons. The van der Waals surface area contributed by atoms with Gasteiger partial charge in [-0.15, -0.1) is 0 Å². The molecule has 2 heteroatoms. The van der Waals surface area contributed by atoms with Gasteiger partial charge in [-0.3, -0.25) is 4.29 Å². The number of hydrogen-bond acceptors (Lipinski definition) is 1. The summed E-state index contributed by atoms with van der Waals surface area (Å²) in [7, 11) is 0. The van der Waals surface area contributed by atoms with Crippen LogP contribution in [0.25, 0.3) is 0 Å². The van der Waals surface area contributed by atoms with Crippen molar-refractivity contribution in [3.8, 4) is 0 Å². The monoisotopic (exact) mass is 208 g/mol. The van der Waals surface area contributed by atoms with E-state index in [0.717, 1.165) is 6.42 Å². The van der Waals surface area contributed by atoms with E-state index in [9.17, 15) is 0 Å². The summed E-state index contributed by atoms with van der Waals surface area (Å²) in [4.78, 5) is 0. The Hall–Kier alpha value is -0.790. The molecule has 0 heterocycles. The van der Waals surface area contributed by atoms with Gasteiger partial charge in [-0.25, -0.2) is 0 Å². The van der Waals surface area contributed by atoms with Crippen LogP contribution in [0.15, 0.2) is 48.6 Å². The summed E-state index contributed by atoms with van der Waals surface area (Å²) in [6.45, 7) is 0. The van der Waals surface area contributed by atoms with Crippen molar-refractivity contribution in [2.24, 2.45) is 11.8 Å². The van der Waals surface area contributed by atoms with E-state index < -0.39 is 0 Å². The van der Waals surface area contributed by atoms with E-state index in [0.29, 0.717) is 11.8 Å². The molecule has 2 rings (SSSR count). The molecule has 14 heavy (non-hydrogen) atoms. The van der Waals surface area contributed by atoms with Gasteiger partial charge in [0.05, 0.1) is 18.0 Å². The van der Waals surface area contributed by atoms with Crippen LogP contribution in [0.2, 0.25) is 0 Å². The summed E-state index contributed by atoms with van der Waals surface area (Å²) in [5.41, 5.74) is 0. The molecule has 0 bridgehead atoms. The topological polar surface area (TPSA) is 9.23 Å². The number of halogens is 1. The average Bonchev–Trinajstić information content (AvgIpc) is 2.86. The Bertz CT molecular complexity index is 277. The minimum atomic E-state index is 0.0732. The zero-order valence-corrected chi connectivity index (χ0v) is 8.60. The van der Waals surface area contributed by atoms with Crippen LogP contribution in [-0.2, 0) is 4.29 Å². The van der Waals surface area contributed by atoms with Crippen molar-refractivity contribution in [3.05, 3.63) is 48.6 Å². The van der Waals surface area contributed by atoms with E-state index in [4.69, 9.17) is 16.2 Å². The van der Waals surface area contributed by atoms with Gasteiger partial charge in [-0.1, -0.05) is 48.6 Å². The molecule has 0 saturated heterocycles. The Labute approximate surface area is 89.6 Å². The third-order valence-corrected chi connectivity index (χ3v) is 2.88. The summed E-state index contributed by atoms with van der Waals surface area (Å²) >= 11 is 5.51. The molecule has 1 nitrogen and oxygen atoms in total. The van der Waals surface area contributed by atoms with E-state index in [1.54, 1.807) is 0 Å². The van der Waals surface area contributed by atoms with Crippen LogP contribution in [0.4, 0.5) is 0 Å². The van der Waals surface area contributed by atoms with Crippen molar-refractivity contribution >= 4 is 11.9 Å². The largest absolute Gasteiger partial charge is 0.275 e. The van der Waals surface area contributed by atoms with Crippen molar-refractivity contribution in [1.29, 1.82) is 0 Å². The Balaban J connectivity index is 1.92. The van der Waals surface area contributed by atoms with Gasteiger partial charge in [0.1, 0.15) is 0 Å². The first-order valence-electron chi connectivity index (χ1n) is 4.87. The summed E-state index contributed by atoms with van der Waals surface area (Å²) < 4.78 is 5.00. The van der Waals surface area contributed by atoms with Crippen LogP contribution in [0, 0.1) is 11.8 Å². The summed E-state index contributed by atoms with van der Waals surface area (Å²) in [5.74, 6) is 0.802. The summed E-state index contributed by atoms with van der Waals surface area (Å²) in [5, 5.41) is 0. The number of allylic oxidation sites excluding steroid dienone is 6. The molecule has 1 atom stereocenters. The van der Waals surface area contributed by atoms with Gasteiger partial charge in [-0.05, 0) is 12.3 Å². The zero-order chi connectivity index (χ0) is 9.80. The second kappa shape index (κ2) is 4.63. The fraction of sp³-hybridized carbons (Fsp3) is 0.333. The van der Waals surface area contributed by atoms with Gasteiger partial charge < -0.3 is 0 Å². The fourth-order valence-electron chi connectivity index (χ4n) is 1.85. The molecule has 0 aliphatic heterocycles. The van der Waals surface area contributed by atoms with Crippen molar-refractivity contribution in [1.82, 2.24) is 0 Å². The predicted molar refractivity (Wildman–Crippen MR) is 58.9 cm³/mol. The van der Waals surface area contributed by atoms with Crippen LogP contribution < -0.4 is 0 Å². The summed E-state index contributed by atoms with van der Waals surface area (Å²) in [6, 6.07) is 0. The lowest BCUT2D eigenvalue weighted by atomic mass is 9.94. The first-order chi connectivity index (χ1) is 6.90. The van der Waals surface area contributed by atoms with E-state index in [1.165, 1.54) is 0 Å². The van der Waals surface area contributed by atoms with Gasteiger partial charge in [0, 0.05) is 5.92 Å². The number of hydrogen-bond donors (Lipinski definition) is 0. The lowest BCUT2D eigenvalue weighted by molar-refractivity contribution is 0.176. The highest BCUT2D eigenvalue weighted by Crippen LogP contribution is 2.26. The Kier molecular flexibility index (Phi) is 3.22. The predicted octanol–water partition coefficient (Wildman–Crippen LogP) is 3.40. The standard InChI is InChI=1S/C12H13ClO/c13-14-12(11-7-3-4-8-11)9-10-5-1-2-6-10/h1-8,10-12H,9H2. The SMILES string of the molecule is ClOC(CC1C=CC=C1)C1C=CC=C1. The molecule has 0 aromatic rings. The van der Waals surface area contributed by atoms with E-state index in [2.05, 4.69) is 36.5 Å². The molecule has 2 aliphatic rings. The smallest absolute Gasteiger partial charge is 0.0896 e. The van der Waals surface area contributed by atoms with Crippen LogP contribution in [-0.4, -0.2) is 6.10 Å². The lowest BCUT2D eigenvalue weighted by Crippen LogP contribution is -2.19. The summed E-state index contributed by atoms with van der Waals surface area (Å²) in [6.07, 6.45) is 17.8. The van der Waals surface area contributed by atoms with Gasteiger partial charge in [-0.2, -0.15) is 0 Å². The molecular formula is C12H13ClO. The van der Waals surface area contributed by atoms with Gasteiger partial charge >= 0.3 is 0 Å². The Morgan fingerprint density at radius 1 is 1.00 bits per heavy atom. The second-order valence-corrected chi connectivity index (χ2v) is 3.82. The molecular weight excluding hydrogens is 196 g/mol. The minimum Gasteiger partial charge on any atom is -0.275 e. The van der Waals surface area contributed by atoms with Crippen molar-refractivity contribution in [2.45, 2.75) is 12.5 Å². The minimum absolute atomic E-state index is 0.0732. The third-order valence-electron chi connectivity index (χ3n) is 2.65. The maximum atomic E-state index is 5.51. The van der Waals surface area contributed by atoms with Gasteiger partial charge in [0.15, 0.2) is 0 Å². The molecule has 0 spiro atoms. The van der Waals surface area contributed by atoms with E-state index in [1.807, 2.05) is 12.2 Å². The molecule has 74 valence electrons. The van der Waals surface area contributed by atoms with Crippen molar-refractivity contribution < 1.29 is 4.29 Å². The average molecular weight is 209 g/mol. The molecule has 2 aliphatic carbocycles. The first kappa shape index (κ1) is 9.75. The highest BCUT2D eigenvalue weighted by Gasteiger charge is 2.22. The van der Waals surface area contributed by atoms with Crippen LogP contribution in [0.5, 0.6) is 0 Å². The molecule has 0 amide bonds. The Morgan fingerprint density at radius 3 is 2.14 bits per heavy atom. The molecule has 0 fully saturated rings. The Morgan fingerprint density at radius 2 is 1.57 bits per heavy atom. The molecule has 0 N–H and O–H groups in total. The van der Waals surface area contributed by atoms with Crippen molar-refractivity contribution in [2.75, 3.05) is 0 Å². The van der Waals surface area contributed by atoms with Gasteiger partial charge in [0.25, 0.3) is 0 Å².